The summed E-state index contributed by atoms with van der Waals surface area (Å²) < 4.78 is 10.9. The molecule has 1 aromatic carbocycles. The number of Topliss-reactive ketones (excluding diaryl/α,β-unsaturated/α-hetero) is 1. The van der Waals surface area contributed by atoms with Crippen LogP contribution in [0.2, 0.25) is 0 Å². The Balaban J connectivity index is 2.37. The third-order valence-corrected chi connectivity index (χ3v) is 2.17. The van der Waals surface area contributed by atoms with Crippen LogP contribution in [0, 0.1) is 0 Å². The number of rotatable bonds is 8. The van der Waals surface area contributed by atoms with Gasteiger partial charge in [-0.1, -0.05) is 19.9 Å². The Labute approximate surface area is 108 Å². The van der Waals surface area contributed by atoms with Crippen LogP contribution >= 0.6 is 0 Å². The van der Waals surface area contributed by atoms with Gasteiger partial charge in [-0.25, -0.2) is 0 Å². The summed E-state index contributed by atoms with van der Waals surface area (Å²) in [6.45, 7) is 7.19. The number of benzene rings is 1. The highest BCUT2D eigenvalue weighted by Crippen LogP contribution is 2.19. The van der Waals surface area contributed by atoms with Crippen molar-refractivity contribution in [3.05, 3.63) is 24.3 Å². The maximum atomic E-state index is 10.8. The molecule has 0 unspecified atom stereocenters. The number of hydrogen-bond acceptors (Lipinski definition) is 4. The van der Waals surface area contributed by atoms with Crippen molar-refractivity contribution in [1.29, 1.82) is 0 Å². The van der Waals surface area contributed by atoms with Gasteiger partial charge >= 0.3 is 0 Å². The Morgan fingerprint density at radius 3 is 2.56 bits per heavy atom. The smallest absolute Gasteiger partial charge is 0.167 e. The van der Waals surface area contributed by atoms with E-state index in [9.17, 15) is 4.79 Å². The molecular weight excluding hydrogens is 230 g/mol. The minimum absolute atomic E-state index is 0.00227. The highest BCUT2D eigenvalue weighted by molar-refractivity contribution is 5.77. The molecule has 1 rings (SSSR count). The van der Waals surface area contributed by atoms with E-state index in [1.807, 2.05) is 18.2 Å². The lowest BCUT2D eigenvalue weighted by Gasteiger charge is -2.10. The third kappa shape index (κ3) is 6.25. The Morgan fingerprint density at radius 2 is 1.94 bits per heavy atom. The van der Waals surface area contributed by atoms with Crippen LogP contribution in [-0.4, -0.2) is 31.6 Å². The second-order valence-electron chi connectivity index (χ2n) is 4.42. The first-order valence-electron chi connectivity index (χ1n) is 6.16. The Morgan fingerprint density at radius 1 is 1.28 bits per heavy atom. The second kappa shape index (κ2) is 7.71. The molecule has 0 amide bonds. The van der Waals surface area contributed by atoms with Crippen LogP contribution in [0.5, 0.6) is 11.5 Å². The summed E-state index contributed by atoms with van der Waals surface area (Å²) in [4.78, 5) is 10.8. The molecule has 4 nitrogen and oxygen atoms in total. The molecular formula is C14H21NO3. The van der Waals surface area contributed by atoms with Crippen LogP contribution in [-0.2, 0) is 4.79 Å². The van der Waals surface area contributed by atoms with Crippen molar-refractivity contribution in [2.75, 3.05) is 19.8 Å². The first kappa shape index (κ1) is 14.5. The predicted octanol–water partition coefficient (Wildman–Crippen LogP) is 2.03. The van der Waals surface area contributed by atoms with E-state index in [0.29, 0.717) is 18.4 Å². The average molecular weight is 251 g/mol. The van der Waals surface area contributed by atoms with Crippen molar-refractivity contribution in [3.8, 4) is 11.5 Å². The second-order valence-corrected chi connectivity index (χ2v) is 4.42. The van der Waals surface area contributed by atoms with Gasteiger partial charge in [0.1, 0.15) is 24.7 Å². The van der Waals surface area contributed by atoms with E-state index in [1.54, 1.807) is 6.07 Å². The van der Waals surface area contributed by atoms with Crippen LogP contribution in [0.3, 0.4) is 0 Å². The molecule has 0 saturated carbocycles. The van der Waals surface area contributed by atoms with E-state index < -0.39 is 0 Å². The lowest BCUT2D eigenvalue weighted by atomic mass is 10.3. The SMILES string of the molecule is CC(=O)COc1cccc(OCCNC(C)C)c1. The minimum Gasteiger partial charge on any atom is -0.492 e. The topological polar surface area (TPSA) is 47.6 Å². The molecule has 0 bridgehead atoms. The number of nitrogens with one attached hydrogen (secondary N) is 1. The zero-order valence-electron chi connectivity index (χ0n) is 11.2. The lowest BCUT2D eigenvalue weighted by molar-refractivity contribution is -0.118. The molecule has 18 heavy (non-hydrogen) atoms. The molecule has 0 heterocycles. The number of ether oxygens (including phenoxy) is 2. The Bertz CT molecular complexity index is 377. The van der Waals surface area contributed by atoms with Crippen LogP contribution in [0.1, 0.15) is 20.8 Å². The van der Waals surface area contributed by atoms with Crippen molar-refractivity contribution < 1.29 is 14.3 Å². The molecule has 0 aliphatic rings. The normalized spacial score (nSPS) is 10.4. The van der Waals surface area contributed by atoms with Gasteiger partial charge in [-0.15, -0.1) is 0 Å². The number of carbonyl (C=O) groups is 1. The standard InChI is InChI=1S/C14H21NO3/c1-11(2)15-7-8-17-13-5-4-6-14(9-13)18-10-12(3)16/h4-6,9,11,15H,7-8,10H2,1-3H3. The van der Waals surface area contributed by atoms with Crippen molar-refractivity contribution >= 4 is 5.78 Å². The fraction of sp³-hybridized carbons (Fsp3) is 0.500. The molecule has 0 saturated heterocycles. The fourth-order valence-electron chi connectivity index (χ4n) is 1.36. The quantitative estimate of drug-likeness (QED) is 0.718. The summed E-state index contributed by atoms with van der Waals surface area (Å²) in [6.07, 6.45) is 0. The summed E-state index contributed by atoms with van der Waals surface area (Å²) in [5.74, 6) is 1.41. The van der Waals surface area contributed by atoms with Crippen molar-refractivity contribution in [2.24, 2.45) is 0 Å². The third-order valence-electron chi connectivity index (χ3n) is 2.17. The van der Waals surface area contributed by atoms with Crippen LogP contribution in [0.4, 0.5) is 0 Å². The largest absolute Gasteiger partial charge is 0.492 e. The van der Waals surface area contributed by atoms with E-state index in [2.05, 4.69) is 19.2 Å². The summed E-state index contributed by atoms with van der Waals surface area (Å²) in [5, 5.41) is 3.27. The Kier molecular flexibility index (Phi) is 6.22. The molecule has 1 N–H and O–H groups in total. The van der Waals surface area contributed by atoms with Crippen molar-refractivity contribution in [3.63, 3.8) is 0 Å². The summed E-state index contributed by atoms with van der Waals surface area (Å²) in [7, 11) is 0. The summed E-state index contributed by atoms with van der Waals surface area (Å²) in [5.41, 5.74) is 0. The van der Waals surface area contributed by atoms with Crippen molar-refractivity contribution in [2.45, 2.75) is 26.8 Å². The lowest BCUT2D eigenvalue weighted by Crippen LogP contribution is -2.27. The number of carbonyl (C=O) groups excluding carboxylic acids is 1. The Hall–Kier alpha value is -1.55. The minimum atomic E-state index is 0.00227. The van der Waals surface area contributed by atoms with Gasteiger partial charge in [-0.2, -0.15) is 0 Å². The first-order valence-corrected chi connectivity index (χ1v) is 6.16. The van der Waals surface area contributed by atoms with Gasteiger partial charge < -0.3 is 14.8 Å². The highest BCUT2D eigenvalue weighted by Gasteiger charge is 2.00. The van der Waals surface area contributed by atoms with E-state index >= 15 is 0 Å². The average Bonchev–Trinajstić information content (AvgIpc) is 2.32. The molecule has 0 radical (unpaired) electrons. The van der Waals surface area contributed by atoms with E-state index in [1.165, 1.54) is 6.92 Å². The molecule has 100 valence electrons. The van der Waals surface area contributed by atoms with Gasteiger partial charge in [0.15, 0.2) is 5.78 Å². The molecule has 0 fully saturated rings. The predicted molar refractivity (Wildman–Crippen MR) is 71.3 cm³/mol. The van der Waals surface area contributed by atoms with Crippen LogP contribution < -0.4 is 14.8 Å². The summed E-state index contributed by atoms with van der Waals surface area (Å²) in [6, 6.07) is 7.77. The van der Waals surface area contributed by atoms with Gasteiger partial charge in [0.05, 0.1) is 0 Å². The molecule has 4 heteroatoms. The number of ketones is 1. The van der Waals surface area contributed by atoms with E-state index in [0.717, 1.165) is 12.3 Å². The van der Waals surface area contributed by atoms with Gasteiger partial charge in [0.25, 0.3) is 0 Å². The maximum Gasteiger partial charge on any atom is 0.167 e. The summed E-state index contributed by atoms with van der Waals surface area (Å²) >= 11 is 0. The molecule has 0 aliphatic carbocycles. The molecule has 0 spiro atoms. The van der Waals surface area contributed by atoms with Crippen LogP contribution in [0.25, 0.3) is 0 Å². The monoisotopic (exact) mass is 251 g/mol. The molecule has 1 aromatic rings. The van der Waals surface area contributed by atoms with Crippen molar-refractivity contribution in [1.82, 2.24) is 5.32 Å². The van der Waals surface area contributed by atoms with E-state index in [4.69, 9.17) is 9.47 Å². The highest BCUT2D eigenvalue weighted by atomic mass is 16.5. The fourth-order valence-corrected chi connectivity index (χ4v) is 1.36. The number of hydrogen-bond donors (Lipinski definition) is 1. The van der Waals surface area contributed by atoms with Gasteiger partial charge in [0, 0.05) is 18.7 Å². The molecule has 0 atom stereocenters. The van der Waals surface area contributed by atoms with Crippen LogP contribution in [0.15, 0.2) is 24.3 Å². The first-order chi connectivity index (χ1) is 8.58. The van der Waals surface area contributed by atoms with Gasteiger partial charge in [-0.05, 0) is 19.1 Å². The molecule has 0 aromatic heterocycles. The van der Waals surface area contributed by atoms with Gasteiger partial charge in [-0.3, -0.25) is 4.79 Å². The van der Waals surface area contributed by atoms with E-state index in [-0.39, 0.29) is 12.4 Å². The molecule has 0 aliphatic heterocycles. The van der Waals surface area contributed by atoms with Gasteiger partial charge in [0.2, 0.25) is 0 Å². The zero-order chi connectivity index (χ0) is 13.4. The maximum absolute atomic E-state index is 10.8. The zero-order valence-corrected chi connectivity index (χ0v) is 11.2.